The second-order valence-electron chi connectivity index (χ2n) is 3.08. The highest BCUT2D eigenvalue weighted by molar-refractivity contribution is 5.10. The molecule has 0 aromatic carbocycles. The molecule has 2 heterocycles. The Morgan fingerprint density at radius 3 is 3.07 bits per heavy atom. The normalized spacial score (nSPS) is 26.7. The zero-order chi connectivity index (χ0) is 10.2. The van der Waals surface area contributed by atoms with Crippen LogP contribution in [-0.4, -0.2) is 16.6 Å². The predicted molar refractivity (Wildman–Crippen MR) is 42.8 cm³/mol. The van der Waals surface area contributed by atoms with Gasteiger partial charge in [0.1, 0.15) is 5.69 Å². The number of nitrogens with zero attached hydrogens (tertiary/aromatic N) is 1. The number of hydrogen-bond acceptors (Lipinski definition) is 3. The molecule has 6 heteroatoms. The minimum absolute atomic E-state index is 0.0281. The van der Waals surface area contributed by atoms with Crippen molar-refractivity contribution in [3.05, 3.63) is 28.2 Å². The fourth-order valence-corrected chi connectivity index (χ4v) is 1.43. The number of alkyl halides is 1. The summed E-state index contributed by atoms with van der Waals surface area (Å²) in [4.78, 5) is 16.0. The molecule has 0 aliphatic carbocycles. The standard InChI is InChI=1S/C8H8F2N2O2/c9-5-4-11-7(13)12-6(5)8(10)2-1-3-14-8/h4H,1-3H2,(H,11,12,13). The van der Waals surface area contributed by atoms with Crippen LogP contribution in [0.3, 0.4) is 0 Å². The first-order chi connectivity index (χ1) is 6.62. The van der Waals surface area contributed by atoms with Crippen LogP contribution < -0.4 is 5.69 Å². The van der Waals surface area contributed by atoms with Gasteiger partial charge in [-0.05, 0) is 6.42 Å². The van der Waals surface area contributed by atoms with Crippen molar-refractivity contribution in [3.8, 4) is 0 Å². The maximum atomic E-state index is 13.8. The van der Waals surface area contributed by atoms with E-state index >= 15 is 0 Å². The lowest BCUT2D eigenvalue weighted by molar-refractivity contribution is -0.118. The van der Waals surface area contributed by atoms with Crippen LogP contribution in [0.4, 0.5) is 8.78 Å². The van der Waals surface area contributed by atoms with Crippen molar-refractivity contribution >= 4 is 0 Å². The molecule has 76 valence electrons. The van der Waals surface area contributed by atoms with Crippen molar-refractivity contribution in [2.75, 3.05) is 6.61 Å². The summed E-state index contributed by atoms with van der Waals surface area (Å²) in [6.07, 6.45) is 1.30. The quantitative estimate of drug-likeness (QED) is 0.734. The van der Waals surface area contributed by atoms with Gasteiger partial charge in [0.05, 0.1) is 6.61 Å². The molecule has 4 nitrogen and oxygen atoms in total. The van der Waals surface area contributed by atoms with Gasteiger partial charge in [0.15, 0.2) is 5.82 Å². The molecule has 1 atom stereocenters. The van der Waals surface area contributed by atoms with Gasteiger partial charge in [0.2, 0.25) is 0 Å². The third kappa shape index (κ3) is 1.41. The molecule has 1 N–H and O–H groups in total. The second-order valence-corrected chi connectivity index (χ2v) is 3.08. The number of hydrogen-bond donors (Lipinski definition) is 1. The highest BCUT2D eigenvalue weighted by Crippen LogP contribution is 2.36. The highest BCUT2D eigenvalue weighted by Gasteiger charge is 2.41. The van der Waals surface area contributed by atoms with Crippen LogP contribution in [0.15, 0.2) is 11.0 Å². The number of H-pyrrole nitrogens is 1. The zero-order valence-electron chi connectivity index (χ0n) is 7.22. The molecular weight excluding hydrogens is 194 g/mol. The van der Waals surface area contributed by atoms with E-state index in [1.54, 1.807) is 0 Å². The van der Waals surface area contributed by atoms with Crippen LogP contribution >= 0.6 is 0 Å². The number of nitrogens with one attached hydrogen (secondary N) is 1. The minimum atomic E-state index is -2.24. The number of ether oxygens (including phenoxy) is 1. The first kappa shape index (κ1) is 9.26. The Balaban J connectivity index is 2.49. The van der Waals surface area contributed by atoms with Crippen molar-refractivity contribution in [3.63, 3.8) is 0 Å². The van der Waals surface area contributed by atoms with Gasteiger partial charge in [0.25, 0.3) is 5.85 Å². The number of halogens is 2. The number of aromatic amines is 1. The molecule has 1 fully saturated rings. The van der Waals surface area contributed by atoms with Gasteiger partial charge in [0, 0.05) is 12.6 Å². The van der Waals surface area contributed by atoms with Crippen LogP contribution in [0, 0.1) is 5.82 Å². The number of rotatable bonds is 1. The summed E-state index contributed by atoms with van der Waals surface area (Å²) in [6, 6.07) is 0. The average Bonchev–Trinajstić information content (AvgIpc) is 2.58. The van der Waals surface area contributed by atoms with E-state index in [0.717, 1.165) is 6.20 Å². The first-order valence-corrected chi connectivity index (χ1v) is 4.20. The van der Waals surface area contributed by atoms with E-state index in [2.05, 4.69) is 4.98 Å². The van der Waals surface area contributed by atoms with Crippen LogP contribution in [0.5, 0.6) is 0 Å². The van der Waals surface area contributed by atoms with Gasteiger partial charge < -0.3 is 9.72 Å². The molecule has 1 unspecified atom stereocenters. The summed E-state index contributed by atoms with van der Waals surface area (Å²) < 4.78 is 31.7. The predicted octanol–water partition coefficient (Wildman–Crippen LogP) is 0.842. The summed E-state index contributed by atoms with van der Waals surface area (Å²) >= 11 is 0. The van der Waals surface area contributed by atoms with E-state index in [4.69, 9.17) is 4.74 Å². The molecule has 14 heavy (non-hydrogen) atoms. The Bertz CT molecular complexity index is 399. The van der Waals surface area contributed by atoms with Gasteiger partial charge in [-0.3, -0.25) is 0 Å². The molecular formula is C8H8F2N2O2. The van der Waals surface area contributed by atoms with E-state index in [-0.39, 0.29) is 13.0 Å². The van der Waals surface area contributed by atoms with E-state index < -0.39 is 23.1 Å². The molecule has 1 saturated heterocycles. The fraction of sp³-hybridized carbons (Fsp3) is 0.500. The molecule has 0 bridgehead atoms. The number of aromatic nitrogens is 2. The largest absolute Gasteiger partial charge is 0.345 e. The lowest BCUT2D eigenvalue weighted by atomic mass is 10.1. The minimum Gasteiger partial charge on any atom is -0.341 e. The Morgan fingerprint density at radius 1 is 1.64 bits per heavy atom. The van der Waals surface area contributed by atoms with E-state index in [1.807, 2.05) is 4.98 Å². The maximum Gasteiger partial charge on any atom is 0.345 e. The molecule has 0 spiro atoms. The average molecular weight is 202 g/mol. The van der Waals surface area contributed by atoms with E-state index in [1.165, 1.54) is 0 Å². The first-order valence-electron chi connectivity index (χ1n) is 4.20. The van der Waals surface area contributed by atoms with Crippen molar-refractivity contribution in [1.29, 1.82) is 0 Å². The zero-order valence-corrected chi connectivity index (χ0v) is 7.22. The summed E-state index contributed by atoms with van der Waals surface area (Å²) in [7, 11) is 0. The monoisotopic (exact) mass is 202 g/mol. The van der Waals surface area contributed by atoms with Crippen molar-refractivity contribution in [1.82, 2.24) is 9.97 Å². The summed E-state index contributed by atoms with van der Waals surface area (Å²) in [5, 5.41) is 0. The van der Waals surface area contributed by atoms with Gasteiger partial charge in [-0.1, -0.05) is 0 Å². The van der Waals surface area contributed by atoms with E-state index in [9.17, 15) is 13.6 Å². The Morgan fingerprint density at radius 2 is 2.43 bits per heavy atom. The molecule has 2 rings (SSSR count). The third-order valence-corrected chi connectivity index (χ3v) is 2.09. The molecule has 1 aromatic heterocycles. The fourth-order valence-electron chi connectivity index (χ4n) is 1.43. The molecule has 0 saturated carbocycles. The Labute approximate surface area is 77.9 Å². The SMILES string of the molecule is O=c1nc(C2(F)CCCO2)c(F)c[nH]1. The van der Waals surface area contributed by atoms with Crippen molar-refractivity contribution in [2.45, 2.75) is 18.7 Å². The summed E-state index contributed by atoms with van der Waals surface area (Å²) in [6.45, 7) is 0.213. The van der Waals surface area contributed by atoms with Crippen LogP contribution in [0.1, 0.15) is 18.5 Å². The van der Waals surface area contributed by atoms with Crippen LogP contribution in [0.25, 0.3) is 0 Å². The van der Waals surface area contributed by atoms with Crippen molar-refractivity contribution < 1.29 is 13.5 Å². The Hall–Kier alpha value is -1.30. The highest BCUT2D eigenvalue weighted by atomic mass is 19.2. The van der Waals surface area contributed by atoms with Gasteiger partial charge in [-0.25, -0.2) is 13.6 Å². The van der Waals surface area contributed by atoms with Crippen LogP contribution in [-0.2, 0) is 10.6 Å². The maximum absolute atomic E-state index is 13.8. The van der Waals surface area contributed by atoms with Gasteiger partial charge >= 0.3 is 5.69 Å². The van der Waals surface area contributed by atoms with Gasteiger partial charge in [-0.15, -0.1) is 0 Å². The molecule has 1 aliphatic rings. The molecule has 0 radical (unpaired) electrons. The Kier molecular flexibility index (Phi) is 2.07. The molecule has 1 aliphatic heterocycles. The second kappa shape index (κ2) is 3.13. The summed E-state index contributed by atoms with van der Waals surface area (Å²) in [5.74, 6) is -3.13. The molecule has 0 amide bonds. The van der Waals surface area contributed by atoms with Crippen LogP contribution in [0.2, 0.25) is 0 Å². The smallest absolute Gasteiger partial charge is 0.341 e. The van der Waals surface area contributed by atoms with E-state index in [0.29, 0.717) is 6.42 Å². The summed E-state index contributed by atoms with van der Waals surface area (Å²) in [5.41, 5.74) is -1.34. The van der Waals surface area contributed by atoms with Crippen molar-refractivity contribution in [2.24, 2.45) is 0 Å². The topological polar surface area (TPSA) is 55.0 Å². The lowest BCUT2D eigenvalue weighted by Gasteiger charge is -2.17. The third-order valence-electron chi connectivity index (χ3n) is 2.09. The molecule has 1 aromatic rings. The van der Waals surface area contributed by atoms with Gasteiger partial charge in [-0.2, -0.15) is 4.98 Å². The lowest BCUT2D eigenvalue weighted by Crippen LogP contribution is -2.26.